The van der Waals surface area contributed by atoms with Crippen LogP contribution >= 0.6 is 0 Å². The molecule has 0 aliphatic carbocycles. The number of nitrogens with zero attached hydrogens (tertiary/aromatic N) is 1. The second-order valence-electron chi connectivity index (χ2n) is 6.00. The van der Waals surface area contributed by atoms with Crippen molar-refractivity contribution in [1.29, 1.82) is 0 Å². The fourth-order valence-corrected chi connectivity index (χ4v) is 3.46. The molecular formula is C18H30N2. The highest BCUT2D eigenvalue weighted by atomic mass is 15.1. The van der Waals surface area contributed by atoms with Gasteiger partial charge in [0.2, 0.25) is 0 Å². The topological polar surface area (TPSA) is 15.3 Å². The number of nitrogens with one attached hydrogen (secondary N) is 1. The maximum Gasteiger partial charge on any atom is 0.0414 e. The molecule has 2 atom stereocenters. The molecule has 1 fully saturated rings. The molecule has 0 radical (unpaired) electrons. The van der Waals surface area contributed by atoms with Crippen LogP contribution in [0.5, 0.6) is 0 Å². The van der Waals surface area contributed by atoms with Crippen molar-refractivity contribution in [2.45, 2.75) is 52.0 Å². The van der Waals surface area contributed by atoms with E-state index < -0.39 is 0 Å². The van der Waals surface area contributed by atoms with Crippen molar-refractivity contribution in [1.82, 2.24) is 5.32 Å². The first-order valence-electron chi connectivity index (χ1n) is 8.31. The van der Waals surface area contributed by atoms with Gasteiger partial charge in [0.15, 0.2) is 0 Å². The Morgan fingerprint density at radius 3 is 2.70 bits per heavy atom. The molecule has 2 heteroatoms. The lowest BCUT2D eigenvalue weighted by Crippen LogP contribution is -2.27. The Balaban J connectivity index is 2.19. The third-order valence-electron chi connectivity index (χ3n) is 4.83. The Bertz CT molecular complexity index is 398. The summed E-state index contributed by atoms with van der Waals surface area (Å²) in [5.74, 6) is 0.929. The molecule has 20 heavy (non-hydrogen) atoms. The summed E-state index contributed by atoms with van der Waals surface area (Å²) in [4.78, 5) is 2.62. The highest BCUT2D eigenvalue weighted by Crippen LogP contribution is 2.31. The van der Waals surface area contributed by atoms with Gasteiger partial charge in [-0.25, -0.2) is 0 Å². The maximum absolute atomic E-state index is 3.46. The lowest BCUT2D eigenvalue weighted by atomic mass is 9.98. The molecule has 1 N–H and O–H groups in total. The molecule has 0 saturated carbocycles. The van der Waals surface area contributed by atoms with Crippen LogP contribution in [-0.4, -0.2) is 20.1 Å². The van der Waals surface area contributed by atoms with E-state index in [1.165, 1.54) is 50.0 Å². The highest BCUT2D eigenvalue weighted by Gasteiger charge is 2.20. The minimum Gasteiger partial charge on any atom is -0.371 e. The van der Waals surface area contributed by atoms with Crippen LogP contribution in [0.2, 0.25) is 0 Å². The lowest BCUT2D eigenvalue weighted by Gasteiger charge is -2.28. The zero-order valence-electron chi connectivity index (χ0n) is 13.4. The Morgan fingerprint density at radius 2 is 2.00 bits per heavy atom. The van der Waals surface area contributed by atoms with E-state index in [0.29, 0.717) is 6.04 Å². The molecule has 0 bridgehead atoms. The van der Waals surface area contributed by atoms with E-state index in [9.17, 15) is 0 Å². The van der Waals surface area contributed by atoms with E-state index in [1.807, 2.05) is 0 Å². The van der Waals surface area contributed by atoms with Crippen LogP contribution in [0.3, 0.4) is 0 Å². The average Bonchev–Trinajstić information content (AvgIpc) is 2.74. The highest BCUT2D eigenvalue weighted by molar-refractivity contribution is 5.55. The van der Waals surface area contributed by atoms with Gasteiger partial charge in [-0.1, -0.05) is 38.5 Å². The largest absolute Gasteiger partial charge is 0.371 e. The zero-order valence-corrected chi connectivity index (χ0v) is 13.4. The number of para-hydroxylation sites is 1. The van der Waals surface area contributed by atoms with E-state index in [2.05, 4.69) is 55.4 Å². The second-order valence-corrected chi connectivity index (χ2v) is 6.00. The van der Waals surface area contributed by atoms with Crippen LogP contribution < -0.4 is 10.2 Å². The molecule has 0 spiro atoms. The van der Waals surface area contributed by atoms with Crippen LogP contribution in [0.1, 0.15) is 57.6 Å². The quantitative estimate of drug-likeness (QED) is 0.857. The first-order chi connectivity index (χ1) is 9.80. The van der Waals surface area contributed by atoms with E-state index in [1.54, 1.807) is 0 Å². The average molecular weight is 274 g/mol. The number of rotatable bonds is 5. The molecule has 1 heterocycles. The van der Waals surface area contributed by atoms with Crippen molar-refractivity contribution in [2.24, 2.45) is 5.92 Å². The molecule has 2 unspecified atom stereocenters. The third kappa shape index (κ3) is 3.54. The standard InChI is InChI=1S/C18H30N2/c1-4-15-9-8-13-20(14-12-15)18-11-7-6-10-16(18)17(5-2)19-3/h6-7,10-11,15,17,19H,4-5,8-9,12-14H2,1-3H3. The number of benzene rings is 1. The maximum atomic E-state index is 3.46. The van der Waals surface area contributed by atoms with Crippen LogP contribution in [0, 0.1) is 5.92 Å². The molecule has 1 aliphatic heterocycles. The normalized spacial score (nSPS) is 21.6. The van der Waals surface area contributed by atoms with E-state index in [0.717, 1.165) is 12.3 Å². The number of anilines is 1. The van der Waals surface area contributed by atoms with E-state index >= 15 is 0 Å². The van der Waals surface area contributed by atoms with Gasteiger partial charge in [-0.2, -0.15) is 0 Å². The van der Waals surface area contributed by atoms with Gasteiger partial charge in [0, 0.05) is 24.8 Å². The van der Waals surface area contributed by atoms with Crippen molar-refractivity contribution < 1.29 is 0 Å². The summed E-state index contributed by atoms with van der Waals surface area (Å²) in [6.45, 7) is 7.03. The van der Waals surface area contributed by atoms with Gasteiger partial charge < -0.3 is 10.2 Å². The second kappa shape index (κ2) is 7.68. The smallest absolute Gasteiger partial charge is 0.0414 e. The Labute approximate surface area is 124 Å². The summed E-state index contributed by atoms with van der Waals surface area (Å²) >= 11 is 0. The molecule has 1 saturated heterocycles. The first kappa shape index (κ1) is 15.4. The molecule has 2 nitrogen and oxygen atoms in total. The van der Waals surface area contributed by atoms with Crippen molar-refractivity contribution in [3.05, 3.63) is 29.8 Å². The number of hydrogen-bond acceptors (Lipinski definition) is 2. The van der Waals surface area contributed by atoms with Crippen LogP contribution in [0.25, 0.3) is 0 Å². The summed E-state index contributed by atoms with van der Waals surface area (Å²) in [6, 6.07) is 9.43. The van der Waals surface area contributed by atoms with Gasteiger partial charge in [0.05, 0.1) is 0 Å². The van der Waals surface area contributed by atoms with Gasteiger partial charge in [0.1, 0.15) is 0 Å². The molecule has 0 amide bonds. The molecule has 0 aromatic heterocycles. The van der Waals surface area contributed by atoms with Gasteiger partial charge in [0.25, 0.3) is 0 Å². The molecule has 2 rings (SSSR count). The summed E-state index contributed by atoms with van der Waals surface area (Å²) in [7, 11) is 2.07. The van der Waals surface area contributed by atoms with E-state index in [4.69, 9.17) is 0 Å². The summed E-state index contributed by atoms with van der Waals surface area (Å²) in [5.41, 5.74) is 2.91. The Morgan fingerprint density at radius 1 is 1.20 bits per heavy atom. The summed E-state index contributed by atoms with van der Waals surface area (Å²) in [5, 5.41) is 3.46. The van der Waals surface area contributed by atoms with Crippen LogP contribution in [0.15, 0.2) is 24.3 Å². The molecule has 1 aliphatic rings. The Kier molecular flexibility index (Phi) is 5.90. The summed E-state index contributed by atoms with van der Waals surface area (Å²) < 4.78 is 0. The molecular weight excluding hydrogens is 244 g/mol. The number of hydrogen-bond donors (Lipinski definition) is 1. The van der Waals surface area contributed by atoms with Crippen LogP contribution in [0.4, 0.5) is 5.69 Å². The SMILES string of the molecule is CCC1CCCN(c2ccccc2C(CC)NC)CC1. The minimum atomic E-state index is 0.469. The lowest BCUT2D eigenvalue weighted by molar-refractivity contribution is 0.459. The monoisotopic (exact) mass is 274 g/mol. The Hall–Kier alpha value is -1.02. The van der Waals surface area contributed by atoms with Gasteiger partial charge in [-0.15, -0.1) is 0 Å². The van der Waals surface area contributed by atoms with Gasteiger partial charge >= 0.3 is 0 Å². The molecule has 1 aromatic rings. The van der Waals surface area contributed by atoms with Gasteiger partial charge in [-0.05, 0) is 50.3 Å². The van der Waals surface area contributed by atoms with Crippen LogP contribution in [-0.2, 0) is 0 Å². The van der Waals surface area contributed by atoms with Gasteiger partial charge in [-0.3, -0.25) is 0 Å². The first-order valence-corrected chi connectivity index (χ1v) is 8.31. The molecule has 112 valence electrons. The minimum absolute atomic E-state index is 0.469. The van der Waals surface area contributed by atoms with Crippen molar-refractivity contribution >= 4 is 5.69 Å². The predicted octanol–water partition coefficient (Wildman–Crippen LogP) is 4.37. The van der Waals surface area contributed by atoms with E-state index in [-0.39, 0.29) is 0 Å². The zero-order chi connectivity index (χ0) is 14.4. The van der Waals surface area contributed by atoms with Crippen molar-refractivity contribution in [3.63, 3.8) is 0 Å². The fourth-order valence-electron chi connectivity index (χ4n) is 3.46. The molecule has 1 aromatic carbocycles. The van der Waals surface area contributed by atoms with Crippen molar-refractivity contribution in [3.8, 4) is 0 Å². The third-order valence-corrected chi connectivity index (χ3v) is 4.83. The predicted molar refractivity (Wildman–Crippen MR) is 88.4 cm³/mol. The summed E-state index contributed by atoms with van der Waals surface area (Å²) in [6.07, 6.45) is 6.56. The fraction of sp³-hybridized carbons (Fsp3) is 0.667. The van der Waals surface area contributed by atoms with Crippen molar-refractivity contribution in [2.75, 3.05) is 25.0 Å².